The quantitative estimate of drug-likeness (QED) is 0.791. The van der Waals surface area contributed by atoms with Gasteiger partial charge in [-0.3, -0.25) is 9.59 Å². The third kappa shape index (κ3) is 3.49. The molecule has 2 aliphatic heterocycles. The summed E-state index contributed by atoms with van der Waals surface area (Å²) in [7, 11) is 4.18. The second kappa shape index (κ2) is 7.23. The monoisotopic (exact) mass is 393 g/mol. The van der Waals surface area contributed by atoms with Crippen molar-refractivity contribution in [1.82, 2.24) is 9.80 Å². The van der Waals surface area contributed by atoms with Crippen LogP contribution in [0.2, 0.25) is 0 Å². The van der Waals surface area contributed by atoms with Crippen LogP contribution in [0.4, 0.5) is 5.69 Å². The fourth-order valence-electron chi connectivity index (χ4n) is 3.64. The van der Waals surface area contributed by atoms with Crippen LogP contribution < -0.4 is 4.90 Å². The molecule has 0 bridgehead atoms. The van der Waals surface area contributed by atoms with E-state index < -0.39 is 0 Å². The van der Waals surface area contributed by atoms with Crippen LogP contribution in [0.25, 0.3) is 0 Å². The number of para-hydroxylation sites is 1. The molecular formula is C18H24BrN3O2. The molecule has 0 aromatic heterocycles. The third-order valence-corrected chi connectivity index (χ3v) is 5.79. The number of hydrogen-bond acceptors (Lipinski definition) is 3. The van der Waals surface area contributed by atoms with Crippen LogP contribution in [0.5, 0.6) is 0 Å². The maximum Gasteiger partial charge on any atom is 0.228 e. The SMILES string of the molecule is CN(C)C1CCN(C(=O)[C@H]2CC(=O)N(c3ccccc3Br)C2)CC1. The van der Waals surface area contributed by atoms with Crippen LogP contribution in [0.15, 0.2) is 28.7 Å². The molecule has 0 spiro atoms. The molecule has 0 saturated carbocycles. The van der Waals surface area contributed by atoms with Crippen LogP contribution in [0.3, 0.4) is 0 Å². The highest BCUT2D eigenvalue weighted by Gasteiger charge is 2.38. The van der Waals surface area contributed by atoms with Crippen LogP contribution in [0, 0.1) is 5.92 Å². The second-order valence-corrected chi connectivity index (χ2v) is 7.73. The van der Waals surface area contributed by atoms with Crippen molar-refractivity contribution in [1.29, 1.82) is 0 Å². The van der Waals surface area contributed by atoms with Gasteiger partial charge in [0.05, 0.1) is 11.6 Å². The highest BCUT2D eigenvalue weighted by molar-refractivity contribution is 9.10. The van der Waals surface area contributed by atoms with E-state index in [9.17, 15) is 9.59 Å². The molecule has 2 saturated heterocycles. The highest BCUT2D eigenvalue weighted by atomic mass is 79.9. The smallest absolute Gasteiger partial charge is 0.228 e. The summed E-state index contributed by atoms with van der Waals surface area (Å²) in [5.74, 6) is -0.0564. The first kappa shape index (κ1) is 17.4. The zero-order chi connectivity index (χ0) is 17.3. The zero-order valence-electron chi connectivity index (χ0n) is 14.2. The van der Waals surface area contributed by atoms with E-state index in [1.807, 2.05) is 29.2 Å². The van der Waals surface area contributed by atoms with Crippen LogP contribution in [-0.2, 0) is 9.59 Å². The number of carbonyl (C=O) groups excluding carboxylic acids is 2. The van der Waals surface area contributed by atoms with Crippen molar-refractivity contribution >= 4 is 33.4 Å². The number of amides is 2. The summed E-state index contributed by atoms with van der Waals surface area (Å²) in [6.07, 6.45) is 2.33. The van der Waals surface area contributed by atoms with Gasteiger partial charge in [0.15, 0.2) is 0 Å². The maximum absolute atomic E-state index is 12.8. The summed E-state index contributed by atoms with van der Waals surface area (Å²) in [5, 5.41) is 0. The Labute approximate surface area is 151 Å². The Bertz CT molecular complexity index is 626. The van der Waals surface area contributed by atoms with E-state index in [2.05, 4.69) is 34.9 Å². The molecule has 2 heterocycles. The summed E-state index contributed by atoms with van der Waals surface area (Å²) in [6, 6.07) is 8.22. The summed E-state index contributed by atoms with van der Waals surface area (Å²) in [4.78, 5) is 31.1. The topological polar surface area (TPSA) is 43.9 Å². The average molecular weight is 394 g/mol. The predicted molar refractivity (Wildman–Crippen MR) is 97.9 cm³/mol. The van der Waals surface area contributed by atoms with Crippen molar-refractivity contribution in [2.24, 2.45) is 5.92 Å². The number of piperidine rings is 1. The van der Waals surface area contributed by atoms with Crippen molar-refractivity contribution in [3.8, 4) is 0 Å². The standard InChI is InChI=1S/C18H24BrN3O2/c1-20(2)14-7-9-21(10-8-14)18(24)13-11-17(23)22(12-13)16-6-4-3-5-15(16)19/h3-6,13-14H,7-12H2,1-2H3/t13-/m0/s1. The van der Waals surface area contributed by atoms with Gasteiger partial charge in [0.1, 0.15) is 0 Å². The Morgan fingerprint density at radius 1 is 1.21 bits per heavy atom. The average Bonchev–Trinajstić information content (AvgIpc) is 2.96. The summed E-state index contributed by atoms with van der Waals surface area (Å²) in [6.45, 7) is 2.07. The van der Waals surface area contributed by atoms with E-state index in [-0.39, 0.29) is 17.7 Å². The van der Waals surface area contributed by atoms with Crippen LogP contribution in [0.1, 0.15) is 19.3 Å². The summed E-state index contributed by atoms with van der Waals surface area (Å²) >= 11 is 3.49. The Kier molecular flexibility index (Phi) is 5.25. The maximum atomic E-state index is 12.8. The fourth-order valence-corrected chi connectivity index (χ4v) is 4.14. The first-order valence-corrected chi connectivity index (χ1v) is 9.26. The van der Waals surface area contributed by atoms with Gasteiger partial charge in [0.25, 0.3) is 0 Å². The normalized spacial score (nSPS) is 22.5. The lowest BCUT2D eigenvalue weighted by atomic mass is 10.0. The van der Waals surface area contributed by atoms with Gasteiger partial charge in [-0.2, -0.15) is 0 Å². The second-order valence-electron chi connectivity index (χ2n) is 6.88. The van der Waals surface area contributed by atoms with E-state index in [4.69, 9.17) is 0 Å². The molecule has 3 rings (SSSR count). The van der Waals surface area contributed by atoms with Gasteiger partial charge in [0.2, 0.25) is 11.8 Å². The van der Waals surface area contributed by atoms with Gasteiger partial charge in [-0.15, -0.1) is 0 Å². The van der Waals surface area contributed by atoms with Gasteiger partial charge in [-0.1, -0.05) is 12.1 Å². The molecule has 5 nitrogen and oxygen atoms in total. The molecule has 2 aliphatic rings. The molecular weight excluding hydrogens is 370 g/mol. The number of benzene rings is 1. The number of rotatable bonds is 3. The van der Waals surface area contributed by atoms with Gasteiger partial charge < -0.3 is 14.7 Å². The van der Waals surface area contributed by atoms with Crippen molar-refractivity contribution in [2.45, 2.75) is 25.3 Å². The fraction of sp³-hybridized carbons (Fsp3) is 0.556. The summed E-state index contributed by atoms with van der Waals surface area (Å²) in [5.41, 5.74) is 0.851. The molecule has 130 valence electrons. The third-order valence-electron chi connectivity index (χ3n) is 5.12. The molecule has 2 fully saturated rings. The Hall–Kier alpha value is -1.40. The van der Waals surface area contributed by atoms with E-state index >= 15 is 0 Å². The van der Waals surface area contributed by atoms with Gasteiger partial charge >= 0.3 is 0 Å². The van der Waals surface area contributed by atoms with Crippen molar-refractivity contribution < 1.29 is 9.59 Å². The molecule has 6 heteroatoms. The Morgan fingerprint density at radius 2 is 1.88 bits per heavy atom. The molecule has 0 aliphatic carbocycles. The highest BCUT2D eigenvalue weighted by Crippen LogP contribution is 2.32. The van der Waals surface area contributed by atoms with Crippen LogP contribution in [-0.4, -0.2) is 61.4 Å². The number of likely N-dealkylation sites (tertiary alicyclic amines) is 1. The van der Waals surface area contributed by atoms with E-state index in [0.29, 0.717) is 19.0 Å². The Balaban J connectivity index is 1.64. The molecule has 1 aromatic carbocycles. The molecule has 1 aromatic rings. The van der Waals surface area contributed by atoms with Gasteiger partial charge in [-0.25, -0.2) is 0 Å². The lowest BCUT2D eigenvalue weighted by Gasteiger charge is -2.36. The minimum Gasteiger partial charge on any atom is -0.342 e. The molecule has 0 N–H and O–H groups in total. The Morgan fingerprint density at radius 3 is 2.50 bits per heavy atom. The van der Waals surface area contributed by atoms with E-state index in [1.165, 1.54) is 0 Å². The van der Waals surface area contributed by atoms with Crippen molar-refractivity contribution in [3.05, 3.63) is 28.7 Å². The number of hydrogen-bond donors (Lipinski definition) is 0. The van der Waals surface area contributed by atoms with Gasteiger partial charge in [0, 0.05) is 36.6 Å². The number of carbonyl (C=O) groups is 2. The largest absolute Gasteiger partial charge is 0.342 e. The van der Waals surface area contributed by atoms with Crippen LogP contribution >= 0.6 is 15.9 Å². The predicted octanol–water partition coefficient (Wildman–Crippen LogP) is 2.35. The first-order valence-electron chi connectivity index (χ1n) is 8.47. The number of nitrogens with zero attached hydrogens (tertiary/aromatic N) is 3. The summed E-state index contributed by atoms with van der Waals surface area (Å²) < 4.78 is 0.887. The zero-order valence-corrected chi connectivity index (χ0v) is 15.8. The van der Waals surface area contributed by atoms with E-state index in [0.717, 1.165) is 36.1 Å². The van der Waals surface area contributed by atoms with E-state index in [1.54, 1.807) is 4.90 Å². The first-order chi connectivity index (χ1) is 11.5. The molecule has 2 amide bonds. The van der Waals surface area contributed by atoms with Crippen molar-refractivity contribution in [3.63, 3.8) is 0 Å². The molecule has 1 atom stereocenters. The van der Waals surface area contributed by atoms with Crippen molar-refractivity contribution in [2.75, 3.05) is 38.6 Å². The molecule has 24 heavy (non-hydrogen) atoms. The lowest BCUT2D eigenvalue weighted by molar-refractivity contribution is -0.137. The minimum absolute atomic E-state index is 0.0310. The number of anilines is 1. The van der Waals surface area contributed by atoms with Gasteiger partial charge in [-0.05, 0) is 55.0 Å². The molecule has 0 unspecified atom stereocenters. The minimum atomic E-state index is -0.222. The molecule has 0 radical (unpaired) electrons. The number of halogens is 1. The lowest BCUT2D eigenvalue weighted by Crippen LogP contribution is -2.46.